The highest BCUT2D eigenvalue weighted by Gasteiger charge is 2.42. The second-order valence-corrected chi connectivity index (χ2v) is 9.12. The van der Waals surface area contributed by atoms with E-state index >= 15 is 4.39 Å². The first-order chi connectivity index (χ1) is 16.3. The fourth-order valence-electron chi connectivity index (χ4n) is 4.98. The number of alkyl halides is 1. The monoisotopic (exact) mass is 468 g/mol. The van der Waals surface area contributed by atoms with Gasteiger partial charge in [-0.3, -0.25) is 4.79 Å². The highest BCUT2D eigenvalue weighted by molar-refractivity contribution is 5.73. The van der Waals surface area contributed by atoms with Gasteiger partial charge < -0.3 is 19.9 Å². The van der Waals surface area contributed by atoms with Crippen molar-refractivity contribution in [3.05, 3.63) is 52.8 Å². The molecule has 1 aromatic carbocycles. The third-order valence-electron chi connectivity index (χ3n) is 6.93. The van der Waals surface area contributed by atoms with Gasteiger partial charge in [-0.1, -0.05) is 12.5 Å². The van der Waals surface area contributed by atoms with Crippen LogP contribution in [0, 0.1) is 5.82 Å². The van der Waals surface area contributed by atoms with E-state index in [2.05, 4.69) is 20.5 Å². The number of halogens is 2. The zero-order chi connectivity index (χ0) is 24.0. The van der Waals surface area contributed by atoms with Crippen LogP contribution in [0.25, 0.3) is 22.5 Å². The minimum atomic E-state index is -1.00. The summed E-state index contributed by atoms with van der Waals surface area (Å²) in [6.45, 7) is 0. The molecule has 4 atom stereocenters. The lowest BCUT2D eigenvalue weighted by Gasteiger charge is -2.45. The van der Waals surface area contributed by atoms with Crippen LogP contribution in [0.5, 0.6) is 5.75 Å². The average Bonchev–Trinajstić information content (AvgIpc) is 2.83. The third kappa shape index (κ3) is 4.02. The van der Waals surface area contributed by atoms with E-state index in [-0.39, 0.29) is 34.8 Å². The minimum absolute atomic E-state index is 0.0912. The number of piperidine rings is 2. The third-order valence-corrected chi connectivity index (χ3v) is 6.93. The van der Waals surface area contributed by atoms with Crippen molar-refractivity contribution in [1.29, 1.82) is 0 Å². The van der Waals surface area contributed by atoms with E-state index in [1.807, 2.05) is 0 Å². The largest absolute Gasteiger partial charge is 0.507 e. The van der Waals surface area contributed by atoms with Crippen molar-refractivity contribution in [2.24, 2.45) is 7.05 Å². The fourth-order valence-corrected chi connectivity index (χ4v) is 4.98. The molecule has 0 spiro atoms. The van der Waals surface area contributed by atoms with Gasteiger partial charge in [-0.05, 0) is 37.0 Å². The molecule has 0 amide bonds. The Bertz CT molecular complexity index is 1270. The number of hydrogen-bond donors (Lipinski definition) is 2. The molecule has 0 aliphatic carbocycles. The smallest absolute Gasteiger partial charge is 0.251 e. The van der Waals surface area contributed by atoms with Gasteiger partial charge in [0, 0.05) is 44.0 Å². The van der Waals surface area contributed by atoms with Crippen LogP contribution in [0.4, 0.5) is 14.6 Å². The number of benzene rings is 1. The summed E-state index contributed by atoms with van der Waals surface area (Å²) in [5.41, 5.74) is 0.397. The molecular weight excluding hydrogens is 442 g/mol. The van der Waals surface area contributed by atoms with Crippen molar-refractivity contribution in [3.8, 4) is 28.3 Å². The fraction of sp³-hybridized carbons (Fsp3) is 0.417. The molecule has 2 aliphatic heterocycles. The Morgan fingerprint density at radius 1 is 1.21 bits per heavy atom. The number of nitrogens with zero attached hydrogens (tertiary/aromatic N) is 5. The molecule has 2 bridgehead atoms. The van der Waals surface area contributed by atoms with Crippen LogP contribution < -0.4 is 15.8 Å². The molecule has 0 radical (unpaired) electrons. The van der Waals surface area contributed by atoms with Gasteiger partial charge in [0.05, 0.1) is 17.8 Å². The summed E-state index contributed by atoms with van der Waals surface area (Å²) < 4.78 is 30.5. The number of phenols is 1. The van der Waals surface area contributed by atoms with Gasteiger partial charge in [0.2, 0.25) is 0 Å². The standard InChI is InChI=1S/C24H26F2N6O2/c1-31-12-17(25)16(10-22(31)34)13-6-7-15(20(33)8-13)24-27-11-21(29-30-24)32(2)19-9-14-4-3-5-18(28-14)23(19)26/h6-8,10-12,14,18-19,23,28,33H,3-5,9H2,1-2H3/t14-,18-,19-,23+/m1/s1. The number of aromatic nitrogens is 4. The molecule has 4 heterocycles. The van der Waals surface area contributed by atoms with Gasteiger partial charge in [0.1, 0.15) is 17.7 Å². The van der Waals surface area contributed by atoms with Crippen LogP contribution in [0.2, 0.25) is 0 Å². The van der Waals surface area contributed by atoms with Gasteiger partial charge in [0.15, 0.2) is 11.6 Å². The van der Waals surface area contributed by atoms with E-state index in [9.17, 15) is 14.3 Å². The SMILES string of the molecule is CN(c1cnc(-c2ccc(-c3cc(=O)n(C)cc3F)cc2O)nn1)[C@@H]1C[C@H]2CCC[C@@H](N2)[C@@H]1F. The minimum Gasteiger partial charge on any atom is -0.507 e. The number of fused-ring (bicyclic) bond motifs is 2. The van der Waals surface area contributed by atoms with Gasteiger partial charge in [-0.2, -0.15) is 0 Å². The Morgan fingerprint density at radius 2 is 2.03 bits per heavy atom. The summed E-state index contributed by atoms with van der Waals surface area (Å²) in [5.74, 6) is -0.109. The van der Waals surface area contributed by atoms with Crippen molar-refractivity contribution in [1.82, 2.24) is 25.1 Å². The number of hydrogen-bond acceptors (Lipinski definition) is 7. The molecule has 178 valence electrons. The maximum Gasteiger partial charge on any atom is 0.251 e. The number of anilines is 1. The topological polar surface area (TPSA) is 96.2 Å². The summed E-state index contributed by atoms with van der Waals surface area (Å²) >= 11 is 0. The lowest BCUT2D eigenvalue weighted by molar-refractivity contribution is 0.107. The van der Waals surface area contributed by atoms with E-state index in [0.29, 0.717) is 29.4 Å². The van der Waals surface area contributed by atoms with Crippen molar-refractivity contribution in [2.75, 3.05) is 11.9 Å². The van der Waals surface area contributed by atoms with E-state index in [1.54, 1.807) is 24.1 Å². The highest BCUT2D eigenvalue weighted by atomic mass is 19.1. The van der Waals surface area contributed by atoms with Crippen LogP contribution in [0.3, 0.4) is 0 Å². The van der Waals surface area contributed by atoms with Gasteiger partial charge in [-0.25, -0.2) is 13.8 Å². The van der Waals surface area contributed by atoms with E-state index < -0.39 is 12.0 Å². The molecule has 2 fully saturated rings. The Balaban J connectivity index is 1.37. The second kappa shape index (κ2) is 8.75. The van der Waals surface area contributed by atoms with Gasteiger partial charge in [-0.15, -0.1) is 10.2 Å². The lowest BCUT2D eigenvalue weighted by Crippen LogP contribution is -2.61. The van der Waals surface area contributed by atoms with Crippen LogP contribution in [-0.4, -0.2) is 56.2 Å². The summed E-state index contributed by atoms with van der Waals surface area (Å²) in [5, 5.41) is 22.3. The first-order valence-corrected chi connectivity index (χ1v) is 11.3. The van der Waals surface area contributed by atoms with E-state index in [1.165, 1.54) is 25.4 Å². The van der Waals surface area contributed by atoms with Crippen LogP contribution >= 0.6 is 0 Å². The Labute approximate surface area is 195 Å². The lowest BCUT2D eigenvalue weighted by atomic mass is 9.82. The maximum absolute atomic E-state index is 15.1. The Kier molecular flexibility index (Phi) is 5.76. The first kappa shape index (κ1) is 22.4. The number of aryl methyl sites for hydroxylation is 1. The molecule has 2 aromatic heterocycles. The molecule has 0 saturated carbocycles. The van der Waals surface area contributed by atoms with Crippen molar-refractivity contribution >= 4 is 5.82 Å². The summed E-state index contributed by atoms with van der Waals surface area (Å²) in [6, 6.07) is 5.54. The number of aromatic hydroxyl groups is 1. The van der Waals surface area contributed by atoms with Crippen molar-refractivity contribution < 1.29 is 13.9 Å². The molecule has 5 rings (SSSR count). The van der Waals surface area contributed by atoms with E-state index in [4.69, 9.17) is 0 Å². The maximum atomic E-state index is 15.1. The first-order valence-electron chi connectivity index (χ1n) is 11.3. The molecule has 3 aromatic rings. The Morgan fingerprint density at radius 3 is 2.76 bits per heavy atom. The number of rotatable bonds is 4. The number of pyridine rings is 1. The van der Waals surface area contributed by atoms with Crippen LogP contribution in [0.1, 0.15) is 25.7 Å². The second-order valence-electron chi connectivity index (χ2n) is 9.12. The average molecular weight is 469 g/mol. The van der Waals surface area contributed by atoms with Crippen LogP contribution in [0.15, 0.2) is 41.5 Å². The number of phenolic OH excluding ortho intramolecular Hbond substituents is 1. The molecule has 2 aliphatic rings. The molecule has 2 saturated heterocycles. The predicted molar refractivity (Wildman–Crippen MR) is 124 cm³/mol. The molecule has 34 heavy (non-hydrogen) atoms. The zero-order valence-electron chi connectivity index (χ0n) is 18.9. The summed E-state index contributed by atoms with van der Waals surface area (Å²) in [6.07, 6.45) is 5.23. The molecule has 8 nitrogen and oxygen atoms in total. The molecule has 0 unspecified atom stereocenters. The summed E-state index contributed by atoms with van der Waals surface area (Å²) in [4.78, 5) is 18.0. The number of nitrogens with one attached hydrogen (secondary N) is 1. The molecule has 10 heteroatoms. The molecule has 2 N–H and O–H groups in total. The quantitative estimate of drug-likeness (QED) is 0.608. The van der Waals surface area contributed by atoms with Gasteiger partial charge >= 0.3 is 0 Å². The summed E-state index contributed by atoms with van der Waals surface area (Å²) in [7, 11) is 3.26. The van der Waals surface area contributed by atoms with Crippen molar-refractivity contribution in [2.45, 2.75) is 50.0 Å². The van der Waals surface area contributed by atoms with E-state index in [0.717, 1.165) is 30.0 Å². The normalized spacial score (nSPS) is 24.1. The predicted octanol–water partition coefficient (Wildman–Crippen LogP) is 2.81. The van der Waals surface area contributed by atoms with Gasteiger partial charge in [0.25, 0.3) is 5.56 Å². The highest BCUT2D eigenvalue weighted by Crippen LogP contribution is 2.34. The molecular formula is C24H26F2N6O2. The Hall–Kier alpha value is -3.40. The van der Waals surface area contributed by atoms with Crippen LogP contribution in [-0.2, 0) is 7.05 Å². The van der Waals surface area contributed by atoms with Crippen molar-refractivity contribution in [3.63, 3.8) is 0 Å². The zero-order valence-corrected chi connectivity index (χ0v) is 18.9.